The van der Waals surface area contributed by atoms with Gasteiger partial charge < -0.3 is 42.9 Å². The van der Waals surface area contributed by atoms with Crippen LogP contribution in [0.1, 0.15) is 137 Å². The number of aliphatic hydroxyl groups excluding tert-OH is 2. The summed E-state index contributed by atoms with van der Waals surface area (Å²) in [5.41, 5.74) is 11.4. The molecule has 3 heterocycles. The number of para-hydroxylation sites is 3. The van der Waals surface area contributed by atoms with Crippen molar-refractivity contribution < 1.29 is 61.5 Å². The minimum absolute atomic E-state index is 0.0619. The molecule has 9 rings (SSSR count). The molecular weight excluding hydrogens is 1170 g/mol. The molecular formula is C76H84F3N3O10. The maximum Gasteiger partial charge on any atom is 0.309 e. The molecule has 92 heavy (non-hydrogen) atoms. The number of fused-ring (bicyclic) bond motifs is 3. The Morgan fingerprint density at radius 3 is 1.00 bits per heavy atom. The summed E-state index contributed by atoms with van der Waals surface area (Å²) >= 11 is 0. The minimum atomic E-state index is -0.950. The number of hydrogen-bond donors (Lipinski definition) is 2. The largest absolute Gasteiger partial charge is 0.466 e. The molecule has 0 amide bonds. The van der Waals surface area contributed by atoms with Gasteiger partial charge in [-0.3, -0.25) is 19.2 Å². The summed E-state index contributed by atoms with van der Waals surface area (Å²) in [6.07, 6.45) is 8.54. The fourth-order valence-corrected chi connectivity index (χ4v) is 11.3. The van der Waals surface area contributed by atoms with Crippen LogP contribution in [0.5, 0.6) is 0 Å². The lowest BCUT2D eigenvalue weighted by Crippen LogP contribution is -2.21. The average molecular weight is 1260 g/mol. The summed E-state index contributed by atoms with van der Waals surface area (Å²) in [6.45, 7) is 20.5. The SMILES string of the molecule is CCCC(=O)O[C@H](/C=C/c1c(-c2ccc(F)cc2)c2ccccc2n1C(C)C)CC(=O)OCC.CCOC(=O)CC(O)/C=C/c1c(-c2ccc(F)cc2)c2ccccc2n1C(C)C.CCOC(=O)C[C@@H](O)/C=C/c1c(-c2ccc(F)cc2)c2ccccc2n1C(C)C. The second-order valence-electron chi connectivity index (χ2n) is 22.8. The van der Waals surface area contributed by atoms with E-state index in [9.17, 15) is 42.6 Å². The van der Waals surface area contributed by atoms with Crippen LogP contribution in [0.4, 0.5) is 13.2 Å². The first kappa shape index (κ1) is 70.2. The predicted molar refractivity (Wildman–Crippen MR) is 361 cm³/mol. The Labute approximate surface area is 537 Å². The second kappa shape index (κ2) is 33.7. The zero-order chi connectivity index (χ0) is 66.6. The van der Waals surface area contributed by atoms with E-state index in [0.29, 0.717) is 6.42 Å². The van der Waals surface area contributed by atoms with Crippen molar-refractivity contribution in [2.45, 2.75) is 138 Å². The molecule has 0 aliphatic carbocycles. The number of halogens is 3. The standard InChI is InChI=1S/C28H32FNO4.2C24H26FNO3/c1-5-9-26(31)34-22(18-27(32)33-6-2)16-17-25-28(20-12-14-21(29)15-13-20)23-10-7-8-11-24(23)30(25)19(3)4;2*1-4-29-23(28)15-19(27)13-14-22-24(17-9-11-18(25)12-10-17)20-7-5-6-8-21(20)26(22)16(2)3/h7-8,10-17,19,22H,5-6,9,18H2,1-4H3;2*5-14,16,19,27H,4,15H2,1-3H3/b17-16+;2*14-13+/t22-;19-;/m10./s1. The molecule has 6 aromatic carbocycles. The maximum atomic E-state index is 13.7. The summed E-state index contributed by atoms with van der Waals surface area (Å²) in [5.74, 6) is -2.53. The Morgan fingerprint density at radius 2 is 0.707 bits per heavy atom. The summed E-state index contributed by atoms with van der Waals surface area (Å²) in [7, 11) is 0. The van der Waals surface area contributed by atoms with Crippen LogP contribution in [0.3, 0.4) is 0 Å². The molecule has 0 fully saturated rings. The average Bonchev–Trinajstić information content (AvgIpc) is 1.66. The highest BCUT2D eigenvalue weighted by Gasteiger charge is 2.24. The number of aromatic nitrogens is 3. The Balaban J connectivity index is 0.000000197. The van der Waals surface area contributed by atoms with Gasteiger partial charge >= 0.3 is 23.9 Å². The van der Waals surface area contributed by atoms with E-state index in [1.807, 2.05) is 79.7 Å². The smallest absolute Gasteiger partial charge is 0.309 e. The Morgan fingerprint density at radius 1 is 0.413 bits per heavy atom. The molecule has 0 saturated carbocycles. The van der Waals surface area contributed by atoms with Crippen LogP contribution in [-0.2, 0) is 38.1 Å². The highest BCUT2D eigenvalue weighted by molar-refractivity contribution is 6.03. The Hall–Kier alpha value is -9.25. The molecule has 9 aromatic rings. The van der Waals surface area contributed by atoms with Crippen molar-refractivity contribution in [3.8, 4) is 33.4 Å². The van der Waals surface area contributed by atoms with Gasteiger partial charge in [0.15, 0.2) is 0 Å². The monoisotopic (exact) mass is 1260 g/mol. The lowest BCUT2D eigenvalue weighted by atomic mass is 10.0. The Kier molecular flexibility index (Phi) is 25.7. The summed E-state index contributed by atoms with van der Waals surface area (Å²) in [4.78, 5) is 47.6. The number of ether oxygens (including phenoxy) is 4. The van der Waals surface area contributed by atoms with Crippen molar-refractivity contribution in [1.82, 2.24) is 13.7 Å². The topological polar surface area (TPSA) is 160 Å². The lowest BCUT2D eigenvalue weighted by Gasteiger charge is -2.16. The summed E-state index contributed by atoms with van der Waals surface area (Å²) in [6, 6.07) is 43.8. The van der Waals surface area contributed by atoms with Crippen molar-refractivity contribution in [3.63, 3.8) is 0 Å². The van der Waals surface area contributed by atoms with Gasteiger partial charge in [-0.2, -0.15) is 0 Å². The van der Waals surface area contributed by atoms with Crippen LogP contribution in [0.2, 0.25) is 0 Å². The molecule has 0 aliphatic rings. The molecule has 0 spiro atoms. The van der Waals surface area contributed by atoms with E-state index in [4.69, 9.17) is 18.9 Å². The fraction of sp³-hybridized carbons (Fsp3) is 0.316. The van der Waals surface area contributed by atoms with Gasteiger partial charge in [0.2, 0.25) is 0 Å². The van der Waals surface area contributed by atoms with E-state index in [0.717, 1.165) is 83.2 Å². The third-order valence-electron chi connectivity index (χ3n) is 15.0. The zero-order valence-corrected chi connectivity index (χ0v) is 54.1. The number of carbonyl (C=O) groups excluding carboxylic acids is 4. The second-order valence-corrected chi connectivity index (χ2v) is 22.8. The number of esters is 4. The van der Waals surface area contributed by atoms with Crippen LogP contribution < -0.4 is 0 Å². The fourth-order valence-electron chi connectivity index (χ4n) is 11.3. The van der Waals surface area contributed by atoms with Crippen LogP contribution in [0.25, 0.3) is 84.3 Å². The molecule has 13 nitrogen and oxygen atoms in total. The van der Waals surface area contributed by atoms with Gasteiger partial charge in [0.1, 0.15) is 23.6 Å². The van der Waals surface area contributed by atoms with E-state index in [-0.39, 0.29) is 87.1 Å². The number of rotatable bonds is 24. The van der Waals surface area contributed by atoms with E-state index in [2.05, 4.69) is 73.4 Å². The number of nitrogens with zero attached hydrogens (tertiary/aromatic N) is 3. The molecule has 16 heteroatoms. The van der Waals surface area contributed by atoms with Crippen LogP contribution >= 0.6 is 0 Å². The summed E-state index contributed by atoms with van der Waals surface area (Å²) < 4.78 is 67.7. The number of aliphatic hydroxyl groups is 2. The van der Waals surface area contributed by atoms with Gasteiger partial charge in [-0.25, -0.2) is 13.2 Å². The van der Waals surface area contributed by atoms with Gasteiger partial charge in [0.25, 0.3) is 0 Å². The molecule has 3 atom stereocenters. The van der Waals surface area contributed by atoms with Crippen LogP contribution in [0.15, 0.2) is 164 Å². The predicted octanol–water partition coefficient (Wildman–Crippen LogP) is 17.4. The van der Waals surface area contributed by atoms with Crippen molar-refractivity contribution >= 4 is 74.8 Å². The first-order valence-corrected chi connectivity index (χ1v) is 31.4. The quantitative estimate of drug-likeness (QED) is 0.0440. The first-order chi connectivity index (χ1) is 44.2. The van der Waals surface area contributed by atoms with Gasteiger partial charge in [-0.15, -0.1) is 0 Å². The number of benzene rings is 6. The van der Waals surface area contributed by atoms with E-state index in [1.54, 1.807) is 75.4 Å². The first-order valence-electron chi connectivity index (χ1n) is 31.4. The molecule has 484 valence electrons. The molecule has 0 bridgehead atoms. The molecule has 0 aliphatic heterocycles. The molecule has 2 N–H and O–H groups in total. The van der Waals surface area contributed by atoms with Crippen molar-refractivity contribution in [2.24, 2.45) is 0 Å². The number of hydrogen-bond acceptors (Lipinski definition) is 10. The van der Waals surface area contributed by atoms with Gasteiger partial charge in [0.05, 0.1) is 51.3 Å². The van der Waals surface area contributed by atoms with Gasteiger partial charge in [-0.05, 0) is 164 Å². The third kappa shape index (κ3) is 18.0. The Bertz CT molecular complexity index is 3830. The molecule has 0 saturated heterocycles. The van der Waals surface area contributed by atoms with Crippen LogP contribution in [0, 0.1) is 17.5 Å². The maximum absolute atomic E-state index is 13.7. The minimum Gasteiger partial charge on any atom is -0.466 e. The number of carbonyl (C=O) groups is 4. The van der Waals surface area contributed by atoms with Crippen molar-refractivity contribution in [3.05, 3.63) is 198 Å². The van der Waals surface area contributed by atoms with Gasteiger partial charge in [0, 0.05) is 91.0 Å². The third-order valence-corrected chi connectivity index (χ3v) is 15.0. The molecule has 1 unspecified atom stereocenters. The summed E-state index contributed by atoms with van der Waals surface area (Å²) in [5, 5.41) is 23.7. The zero-order valence-electron chi connectivity index (χ0n) is 54.1. The lowest BCUT2D eigenvalue weighted by molar-refractivity contribution is -0.152. The van der Waals surface area contributed by atoms with E-state index >= 15 is 0 Å². The molecule has 3 aromatic heterocycles. The highest BCUT2D eigenvalue weighted by Crippen LogP contribution is 2.41. The van der Waals surface area contributed by atoms with Crippen molar-refractivity contribution in [1.29, 1.82) is 0 Å². The van der Waals surface area contributed by atoms with Crippen LogP contribution in [-0.4, -0.2) is 85.9 Å². The van der Waals surface area contributed by atoms with E-state index in [1.165, 1.54) is 36.4 Å². The normalized spacial score (nSPS) is 12.6. The van der Waals surface area contributed by atoms with E-state index < -0.39 is 36.2 Å². The highest BCUT2D eigenvalue weighted by atomic mass is 19.1. The van der Waals surface area contributed by atoms with Gasteiger partial charge in [-0.1, -0.05) is 110 Å². The van der Waals surface area contributed by atoms with Crippen molar-refractivity contribution in [2.75, 3.05) is 19.8 Å². The molecule has 0 radical (unpaired) electrons.